The first-order chi connectivity index (χ1) is 15.0. The molecule has 0 saturated carbocycles. The number of fused-ring (bicyclic) bond motifs is 1. The van der Waals surface area contributed by atoms with Crippen molar-refractivity contribution < 1.29 is 14.4 Å². The van der Waals surface area contributed by atoms with E-state index in [0.29, 0.717) is 49.8 Å². The average molecular weight is 454 g/mol. The minimum Gasteiger partial charge on any atom is -0.355 e. The highest BCUT2D eigenvalue weighted by Gasteiger charge is 2.42. The molecule has 0 aliphatic carbocycles. The van der Waals surface area contributed by atoms with Crippen LogP contribution in [-0.2, 0) is 9.59 Å². The fraction of sp³-hybridized carbons (Fsp3) is 0.850. The number of carbonyl (C=O) groups excluding carboxylic acids is 3. The molecule has 2 aliphatic rings. The lowest BCUT2D eigenvalue weighted by atomic mass is 10.0. The molecule has 3 amide bonds. The summed E-state index contributed by atoms with van der Waals surface area (Å²) >= 11 is 1.91. The molecule has 0 aromatic carbocycles. The van der Waals surface area contributed by atoms with Gasteiger partial charge < -0.3 is 21.7 Å². The van der Waals surface area contributed by atoms with Crippen molar-refractivity contribution in [1.82, 2.24) is 16.0 Å². The number of ketones is 1. The molecule has 4 atom stereocenters. The molecule has 0 radical (unpaired) electrons. The summed E-state index contributed by atoms with van der Waals surface area (Å²) in [7, 11) is 0. The molecule has 2 aliphatic heterocycles. The minimum absolute atomic E-state index is 0.0562. The fourth-order valence-corrected chi connectivity index (χ4v) is 5.51. The Morgan fingerprint density at radius 2 is 1.97 bits per heavy atom. The second-order valence-electron chi connectivity index (χ2n) is 8.21. The van der Waals surface area contributed by atoms with Gasteiger partial charge in [0.1, 0.15) is 5.78 Å². The maximum Gasteiger partial charge on any atom is 0.315 e. The van der Waals surface area contributed by atoms with Crippen molar-refractivity contribution in [3.05, 3.63) is 10.4 Å². The van der Waals surface area contributed by atoms with Crippen molar-refractivity contribution in [3.63, 3.8) is 0 Å². The lowest BCUT2D eigenvalue weighted by Gasteiger charge is -2.16. The van der Waals surface area contributed by atoms with Crippen molar-refractivity contribution in [2.24, 2.45) is 10.8 Å². The van der Waals surface area contributed by atoms with Crippen molar-refractivity contribution in [1.29, 1.82) is 0 Å². The van der Waals surface area contributed by atoms with E-state index in [1.807, 2.05) is 11.8 Å². The van der Waals surface area contributed by atoms with E-state index >= 15 is 0 Å². The monoisotopic (exact) mass is 453 g/mol. The van der Waals surface area contributed by atoms with Gasteiger partial charge in [0.2, 0.25) is 5.91 Å². The van der Waals surface area contributed by atoms with Gasteiger partial charge in [-0.3, -0.25) is 9.59 Å². The number of amides is 3. The van der Waals surface area contributed by atoms with Gasteiger partial charge >= 0.3 is 6.03 Å². The molecule has 174 valence electrons. The second-order valence-corrected chi connectivity index (χ2v) is 9.48. The van der Waals surface area contributed by atoms with Crippen LogP contribution >= 0.6 is 11.8 Å². The first-order valence-corrected chi connectivity index (χ1v) is 12.3. The quantitative estimate of drug-likeness (QED) is 0.0925. The Labute approximate surface area is 187 Å². The van der Waals surface area contributed by atoms with E-state index < -0.39 is 6.04 Å². The predicted octanol–water partition coefficient (Wildman–Crippen LogP) is 2.38. The lowest BCUT2D eigenvalue weighted by molar-refractivity contribution is -0.122. The highest BCUT2D eigenvalue weighted by Crippen LogP contribution is 2.33. The molecule has 0 bridgehead atoms. The van der Waals surface area contributed by atoms with Crippen LogP contribution < -0.4 is 21.7 Å². The highest BCUT2D eigenvalue weighted by atomic mass is 32.2. The molecular weight excluding hydrogens is 418 g/mol. The van der Waals surface area contributed by atoms with Gasteiger partial charge in [-0.2, -0.15) is 11.8 Å². The molecule has 5 N–H and O–H groups in total. The number of nitrogens with one attached hydrogen (secondary N) is 3. The predicted molar refractivity (Wildman–Crippen MR) is 122 cm³/mol. The molecule has 10 nitrogen and oxygen atoms in total. The largest absolute Gasteiger partial charge is 0.355 e. The SMILES string of the molecule is [N-]=[N+]=NCCCNC(=O)[C@@H](N)CCCCCC(=O)CCCC[C@@H]1SC[C@@H]2NC(=O)N[C@@H]21. The summed E-state index contributed by atoms with van der Waals surface area (Å²) in [5, 5.41) is 12.5. The van der Waals surface area contributed by atoms with E-state index in [4.69, 9.17) is 11.3 Å². The molecule has 2 fully saturated rings. The second kappa shape index (κ2) is 14.2. The Morgan fingerprint density at radius 3 is 2.74 bits per heavy atom. The summed E-state index contributed by atoms with van der Waals surface area (Å²) in [5.41, 5.74) is 14.1. The van der Waals surface area contributed by atoms with Gasteiger partial charge in [-0.15, -0.1) is 0 Å². The van der Waals surface area contributed by atoms with Crippen molar-refractivity contribution >= 4 is 29.5 Å². The number of hydrogen-bond acceptors (Lipinski definition) is 6. The standard InChI is InChI=1S/C20H35N7O3S/c21-15(19(29)23-11-6-12-24-27-22)9-3-1-2-7-14(28)8-4-5-10-17-18-16(13-31-17)25-20(30)26-18/h15-18H,1-13,21H2,(H,23,29)(H2,25,26,30)/t15-,16-,17-,18-/m0/s1. The third-order valence-electron chi connectivity index (χ3n) is 5.74. The number of nitrogens with two attached hydrogens (primary N) is 1. The molecule has 2 rings (SSSR count). The van der Waals surface area contributed by atoms with Crippen LogP contribution in [0.3, 0.4) is 0 Å². The summed E-state index contributed by atoms with van der Waals surface area (Å²) in [6, 6.07) is -0.103. The third kappa shape index (κ3) is 9.37. The summed E-state index contributed by atoms with van der Waals surface area (Å²) in [5.74, 6) is 1.09. The summed E-state index contributed by atoms with van der Waals surface area (Å²) < 4.78 is 0. The van der Waals surface area contributed by atoms with Gasteiger partial charge in [0, 0.05) is 41.8 Å². The average Bonchev–Trinajstić information content (AvgIpc) is 3.29. The van der Waals surface area contributed by atoms with Gasteiger partial charge in [-0.05, 0) is 37.6 Å². The number of hydrogen-bond donors (Lipinski definition) is 4. The Kier molecular flexibility index (Phi) is 11.6. The maximum absolute atomic E-state index is 12.1. The van der Waals surface area contributed by atoms with Crippen molar-refractivity contribution in [3.8, 4) is 0 Å². The van der Waals surface area contributed by atoms with E-state index in [1.165, 1.54) is 0 Å². The van der Waals surface area contributed by atoms with Crippen LogP contribution in [0.4, 0.5) is 4.79 Å². The van der Waals surface area contributed by atoms with E-state index in [-0.39, 0.29) is 24.0 Å². The van der Waals surface area contributed by atoms with Gasteiger partial charge in [0.15, 0.2) is 0 Å². The van der Waals surface area contributed by atoms with Gasteiger partial charge in [-0.25, -0.2) is 4.79 Å². The first-order valence-electron chi connectivity index (χ1n) is 11.3. The number of nitrogens with zero attached hydrogens (tertiary/aromatic N) is 3. The molecule has 0 aromatic heterocycles. The van der Waals surface area contributed by atoms with E-state index in [1.54, 1.807) is 0 Å². The molecule has 0 unspecified atom stereocenters. The van der Waals surface area contributed by atoms with Gasteiger partial charge in [-0.1, -0.05) is 24.4 Å². The number of carbonyl (C=O) groups is 3. The summed E-state index contributed by atoms with van der Waals surface area (Å²) in [6.45, 7) is 0.808. The molecule has 31 heavy (non-hydrogen) atoms. The van der Waals surface area contributed by atoms with Crippen LogP contribution in [0.25, 0.3) is 10.4 Å². The number of unbranched alkanes of at least 4 members (excludes halogenated alkanes) is 3. The van der Waals surface area contributed by atoms with Crippen LogP contribution in [0.2, 0.25) is 0 Å². The highest BCUT2D eigenvalue weighted by molar-refractivity contribution is 8.00. The first kappa shape index (κ1) is 25.3. The van der Waals surface area contributed by atoms with Crippen molar-refractivity contribution in [2.75, 3.05) is 18.8 Å². The molecule has 2 saturated heterocycles. The molecule has 11 heteroatoms. The Balaban J connectivity index is 1.42. The fourth-order valence-electron chi connectivity index (χ4n) is 3.97. The zero-order valence-electron chi connectivity index (χ0n) is 18.1. The van der Waals surface area contributed by atoms with Crippen LogP contribution in [0.5, 0.6) is 0 Å². The lowest BCUT2D eigenvalue weighted by Crippen LogP contribution is -2.41. The van der Waals surface area contributed by atoms with Crippen LogP contribution in [-0.4, -0.2) is 59.9 Å². The smallest absolute Gasteiger partial charge is 0.315 e. The Morgan fingerprint density at radius 1 is 1.19 bits per heavy atom. The summed E-state index contributed by atoms with van der Waals surface area (Å²) in [6.07, 6.45) is 7.89. The van der Waals surface area contributed by atoms with Gasteiger partial charge in [0.05, 0.1) is 18.1 Å². The molecular formula is C20H35N7O3S. The number of thioether (sulfide) groups is 1. The number of rotatable bonds is 16. The van der Waals surface area contributed by atoms with Gasteiger partial charge in [0.25, 0.3) is 0 Å². The van der Waals surface area contributed by atoms with E-state index in [0.717, 1.165) is 44.3 Å². The van der Waals surface area contributed by atoms with E-state index in [9.17, 15) is 14.4 Å². The van der Waals surface area contributed by atoms with Crippen LogP contribution in [0.1, 0.15) is 64.2 Å². The zero-order chi connectivity index (χ0) is 22.5. The zero-order valence-corrected chi connectivity index (χ0v) is 18.9. The van der Waals surface area contributed by atoms with Crippen molar-refractivity contribution in [2.45, 2.75) is 87.6 Å². The normalized spacial score (nSPS) is 22.7. The molecule has 2 heterocycles. The van der Waals surface area contributed by atoms with E-state index in [2.05, 4.69) is 26.0 Å². The molecule has 0 aromatic rings. The number of Topliss-reactive ketones (excluding diaryl/α,β-unsaturated/α-hetero) is 1. The topological polar surface area (TPSA) is 162 Å². The Bertz CT molecular complexity index is 657. The number of azide groups is 1. The van der Waals surface area contributed by atoms with Crippen LogP contribution in [0, 0.1) is 0 Å². The third-order valence-corrected chi connectivity index (χ3v) is 7.25. The van der Waals surface area contributed by atoms with Crippen LogP contribution in [0.15, 0.2) is 5.11 Å². The minimum atomic E-state index is -0.539. The molecule has 0 spiro atoms. The summed E-state index contributed by atoms with van der Waals surface area (Å²) in [4.78, 5) is 38.0. The Hall–Kier alpha value is -1.97. The maximum atomic E-state index is 12.1. The number of urea groups is 1.